The molecule has 0 heterocycles. The van der Waals surface area contributed by atoms with Crippen LogP contribution in [0.2, 0.25) is 5.02 Å². The number of carbonyl (C=O) groups is 1. The Bertz CT molecular complexity index is 426. The third kappa shape index (κ3) is 5.70. The number of rotatable bonds is 7. The Labute approximate surface area is 124 Å². The van der Waals surface area contributed by atoms with Gasteiger partial charge in [-0.25, -0.2) is 0 Å². The Kier molecular flexibility index (Phi) is 6.46. The predicted octanol–water partition coefficient (Wildman–Crippen LogP) is 3.63. The highest BCUT2D eigenvalue weighted by Crippen LogP contribution is 2.18. The number of ether oxygens (including phenoxy) is 1. The topological polar surface area (TPSA) is 38.3 Å². The van der Waals surface area contributed by atoms with E-state index >= 15 is 0 Å². The van der Waals surface area contributed by atoms with Crippen molar-refractivity contribution in [1.29, 1.82) is 0 Å². The number of benzene rings is 1. The molecular formula is C14H19Cl2NO2. The van der Waals surface area contributed by atoms with Crippen molar-refractivity contribution in [3.8, 4) is 5.75 Å². The van der Waals surface area contributed by atoms with Crippen LogP contribution in [-0.2, 0) is 4.79 Å². The summed E-state index contributed by atoms with van der Waals surface area (Å²) in [6.45, 7) is 3.97. The summed E-state index contributed by atoms with van der Waals surface area (Å²) < 4.78 is 5.39. The van der Waals surface area contributed by atoms with Crippen LogP contribution < -0.4 is 10.1 Å². The number of hydrogen-bond acceptors (Lipinski definition) is 2. The molecule has 1 rings (SSSR count). The van der Waals surface area contributed by atoms with Crippen molar-refractivity contribution < 1.29 is 9.53 Å². The lowest BCUT2D eigenvalue weighted by molar-refractivity contribution is -0.125. The zero-order valence-electron chi connectivity index (χ0n) is 11.2. The van der Waals surface area contributed by atoms with Crippen molar-refractivity contribution in [1.82, 2.24) is 5.32 Å². The minimum atomic E-state index is -0.281. The fraction of sp³-hybridized carbons (Fsp3) is 0.500. The first kappa shape index (κ1) is 16.1. The molecule has 0 bridgehead atoms. The second kappa shape index (κ2) is 7.61. The number of halogens is 2. The van der Waals surface area contributed by atoms with Crippen LogP contribution in [0.5, 0.6) is 5.75 Å². The summed E-state index contributed by atoms with van der Waals surface area (Å²) in [5.74, 6) is 0.937. The number of hydrogen-bond donors (Lipinski definition) is 1. The zero-order chi connectivity index (χ0) is 14.3. The minimum Gasteiger partial charge on any atom is -0.484 e. The fourth-order valence-electron chi connectivity index (χ4n) is 1.61. The summed E-state index contributed by atoms with van der Waals surface area (Å²) in [4.78, 5) is 11.8. The van der Waals surface area contributed by atoms with Crippen molar-refractivity contribution >= 4 is 29.1 Å². The molecule has 0 aliphatic rings. The molecule has 5 heteroatoms. The molecule has 0 aromatic heterocycles. The van der Waals surface area contributed by atoms with Gasteiger partial charge in [0.1, 0.15) is 5.75 Å². The van der Waals surface area contributed by atoms with E-state index in [1.54, 1.807) is 24.3 Å². The molecule has 0 aliphatic heterocycles. The normalized spacial score (nSPS) is 13.7. The lowest BCUT2D eigenvalue weighted by atomic mass is 9.95. The first-order valence-corrected chi connectivity index (χ1v) is 7.15. The van der Waals surface area contributed by atoms with Crippen LogP contribution in [0.3, 0.4) is 0 Å². The summed E-state index contributed by atoms with van der Waals surface area (Å²) in [7, 11) is 0. The summed E-state index contributed by atoms with van der Waals surface area (Å²) in [5.41, 5.74) is -0.281. The molecular weight excluding hydrogens is 285 g/mol. The van der Waals surface area contributed by atoms with E-state index in [-0.39, 0.29) is 18.1 Å². The number of amides is 1. The van der Waals surface area contributed by atoms with Crippen LogP contribution in [-0.4, -0.2) is 23.9 Å². The highest BCUT2D eigenvalue weighted by atomic mass is 35.5. The summed E-state index contributed by atoms with van der Waals surface area (Å²) in [6.07, 6.45) is 1.55. The SMILES string of the molecule is CCC(C)(CCCl)NC(=O)COc1cccc(Cl)c1. The Morgan fingerprint density at radius 3 is 2.79 bits per heavy atom. The second-order valence-electron chi connectivity index (χ2n) is 4.65. The molecule has 0 aliphatic carbocycles. The largest absolute Gasteiger partial charge is 0.484 e. The monoisotopic (exact) mass is 303 g/mol. The van der Waals surface area contributed by atoms with Gasteiger partial charge < -0.3 is 10.1 Å². The second-order valence-corrected chi connectivity index (χ2v) is 5.46. The molecule has 1 N–H and O–H groups in total. The third-order valence-corrected chi connectivity index (χ3v) is 3.46. The summed E-state index contributed by atoms with van der Waals surface area (Å²) in [5, 5.41) is 3.53. The van der Waals surface area contributed by atoms with Crippen LogP contribution in [0, 0.1) is 0 Å². The van der Waals surface area contributed by atoms with Crippen molar-refractivity contribution in [2.24, 2.45) is 0 Å². The zero-order valence-corrected chi connectivity index (χ0v) is 12.7. The smallest absolute Gasteiger partial charge is 0.258 e. The average molecular weight is 304 g/mol. The van der Waals surface area contributed by atoms with Crippen molar-refractivity contribution in [3.63, 3.8) is 0 Å². The Hall–Kier alpha value is -0.930. The number of carbonyl (C=O) groups excluding carboxylic acids is 1. The molecule has 1 atom stereocenters. The van der Waals surface area contributed by atoms with Crippen molar-refractivity contribution in [2.45, 2.75) is 32.2 Å². The quantitative estimate of drug-likeness (QED) is 0.781. The molecule has 19 heavy (non-hydrogen) atoms. The molecule has 0 radical (unpaired) electrons. The number of nitrogens with one attached hydrogen (secondary N) is 1. The van der Waals surface area contributed by atoms with E-state index in [1.165, 1.54) is 0 Å². The molecule has 0 saturated heterocycles. The molecule has 3 nitrogen and oxygen atoms in total. The average Bonchev–Trinajstić information content (AvgIpc) is 2.37. The van der Waals surface area contributed by atoms with E-state index in [0.29, 0.717) is 16.7 Å². The molecule has 1 unspecified atom stereocenters. The van der Waals surface area contributed by atoms with Gasteiger partial charge in [-0.3, -0.25) is 4.79 Å². The van der Waals surface area contributed by atoms with Crippen molar-refractivity contribution in [2.75, 3.05) is 12.5 Å². The maximum Gasteiger partial charge on any atom is 0.258 e. The minimum absolute atomic E-state index is 0.0295. The van der Waals surface area contributed by atoms with Gasteiger partial charge in [-0.1, -0.05) is 24.6 Å². The Balaban J connectivity index is 2.47. The lowest BCUT2D eigenvalue weighted by Gasteiger charge is -2.28. The molecule has 106 valence electrons. The van der Waals surface area contributed by atoms with Gasteiger partial charge in [-0.05, 0) is 38.0 Å². The van der Waals surface area contributed by atoms with Gasteiger partial charge in [0.05, 0.1) is 0 Å². The summed E-state index contributed by atoms with van der Waals surface area (Å²) >= 11 is 11.6. The maximum absolute atomic E-state index is 11.8. The Morgan fingerprint density at radius 2 is 2.21 bits per heavy atom. The molecule has 0 saturated carbocycles. The highest BCUT2D eigenvalue weighted by molar-refractivity contribution is 6.30. The molecule has 1 aromatic carbocycles. The number of alkyl halides is 1. The van der Waals surface area contributed by atoms with E-state index in [4.69, 9.17) is 27.9 Å². The maximum atomic E-state index is 11.8. The molecule has 1 aromatic rings. The van der Waals surface area contributed by atoms with Gasteiger partial charge in [0.25, 0.3) is 5.91 Å². The molecule has 1 amide bonds. The van der Waals surface area contributed by atoms with Gasteiger partial charge >= 0.3 is 0 Å². The first-order valence-electron chi connectivity index (χ1n) is 6.24. The predicted molar refractivity (Wildman–Crippen MR) is 79.1 cm³/mol. The summed E-state index contributed by atoms with van der Waals surface area (Å²) in [6, 6.07) is 6.96. The van der Waals surface area contributed by atoms with Crippen LogP contribution in [0.15, 0.2) is 24.3 Å². The van der Waals surface area contributed by atoms with E-state index in [0.717, 1.165) is 12.8 Å². The third-order valence-electron chi connectivity index (χ3n) is 3.03. The molecule has 0 fully saturated rings. The van der Waals surface area contributed by atoms with Crippen molar-refractivity contribution in [3.05, 3.63) is 29.3 Å². The highest BCUT2D eigenvalue weighted by Gasteiger charge is 2.23. The lowest BCUT2D eigenvalue weighted by Crippen LogP contribution is -2.47. The van der Waals surface area contributed by atoms with E-state index in [1.807, 2.05) is 13.8 Å². The van der Waals surface area contributed by atoms with Crippen LogP contribution in [0.25, 0.3) is 0 Å². The fourth-order valence-corrected chi connectivity index (χ4v) is 2.21. The van der Waals surface area contributed by atoms with Crippen LogP contribution >= 0.6 is 23.2 Å². The van der Waals surface area contributed by atoms with Gasteiger partial charge in [-0.15, -0.1) is 11.6 Å². The van der Waals surface area contributed by atoms with E-state index in [9.17, 15) is 4.79 Å². The van der Waals surface area contributed by atoms with Gasteiger partial charge in [0.15, 0.2) is 6.61 Å². The van der Waals surface area contributed by atoms with E-state index < -0.39 is 0 Å². The first-order chi connectivity index (χ1) is 8.99. The van der Waals surface area contributed by atoms with Crippen LogP contribution in [0.1, 0.15) is 26.7 Å². The van der Waals surface area contributed by atoms with E-state index in [2.05, 4.69) is 5.32 Å². The van der Waals surface area contributed by atoms with Gasteiger partial charge in [0, 0.05) is 16.4 Å². The van der Waals surface area contributed by atoms with Crippen LogP contribution in [0.4, 0.5) is 0 Å². The standard InChI is InChI=1S/C14H19Cl2NO2/c1-3-14(2,7-8-15)17-13(18)10-19-12-6-4-5-11(16)9-12/h4-6,9H,3,7-8,10H2,1-2H3,(H,17,18). The molecule has 0 spiro atoms. The Morgan fingerprint density at radius 1 is 1.47 bits per heavy atom. The van der Waals surface area contributed by atoms with Gasteiger partial charge in [-0.2, -0.15) is 0 Å². The van der Waals surface area contributed by atoms with Gasteiger partial charge in [0.2, 0.25) is 0 Å².